The van der Waals surface area contributed by atoms with E-state index in [-0.39, 0.29) is 29.8 Å². The summed E-state index contributed by atoms with van der Waals surface area (Å²) in [6.07, 6.45) is 1.50. The molecule has 1 fully saturated rings. The smallest absolute Gasteiger partial charge is 0.245 e. The normalized spacial score (nSPS) is 25.4. The Kier molecular flexibility index (Phi) is 6.28. The molecule has 5 heteroatoms. The zero-order valence-electron chi connectivity index (χ0n) is 12.4. The van der Waals surface area contributed by atoms with Gasteiger partial charge in [-0.3, -0.25) is 9.59 Å². The molecule has 1 aliphatic heterocycles. The van der Waals surface area contributed by atoms with Gasteiger partial charge in [-0.1, -0.05) is 27.2 Å². The van der Waals surface area contributed by atoms with Crippen LogP contribution in [0.15, 0.2) is 0 Å². The van der Waals surface area contributed by atoms with Crippen molar-refractivity contribution >= 4 is 11.8 Å². The van der Waals surface area contributed by atoms with E-state index in [4.69, 9.17) is 4.74 Å². The van der Waals surface area contributed by atoms with Crippen molar-refractivity contribution in [2.24, 2.45) is 5.92 Å². The van der Waals surface area contributed by atoms with Crippen LogP contribution >= 0.6 is 0 Å². The van der Waals surface area contributed by atoms with Crippen molar-refractivity contribution in [2.75, 3.05) is 19.8 Å². The minimum Gasteiger partial charge on any atom is -0.380 e. The van der Waals surface area contributed by atoms with Crippen molar-refractivity contribution in [1.29, 1.82) is 0 Å². The molecule has 1 aliphatic rings. The molecule has 19 heavy (non-hydrogen) atoms. The molecule has 0 aromatic carbocycles. The second kappa shape index (κ2) is 7.48. The van der Waals surface area contributed by atoms with Gasteiger partial charge >= 0.3 is 0 Å². The molecule has 0 spiro atoms. The molecule has 110 valence electrons. The first kappa shape index (κ1) is 16.0. The molecular formula is C14H26N2O3. The van der Waals surface area contributed by atoms with E-state index in [9.17, 15) is 9.59 Å². The molecule has 5 nitrogen and oxygen atoms in total. The summed E-state index contributed by atoms with van der Waals surface area (Å²) in [5.41, 5.74) is 0. The fourth-order valence-corrected chi connectivity index (χ4v) is 2.42. The second-order valence-electron chi connectivity index (χ2n) is 5.03. The number of ether oxygens (including phenoxy) is 1. The lowest BCUT2D eigenvalue weighted by Gasteiger charge is -2.41. The number of nitrogens with one attached hydrogen (secondary N) is 1. The number of piperazine rings is 1. The number of amides is 2. The first-order chi connectivity index (χ1) is 9.06. The molecule has 0 radical (unpaired) electrons. The van der Waals surface area contributed by atoms with Gasteiger partial charge in [-0.05, 0) is 19.3 Å². The van der Waals surface area contributed by atoms with E-state index in [0.29, 0.717) is 26.2 Å². The average Bonchev–Trinajstić information content (AvgIpc) is 2.41. The average molecular weight is 270 g/mol. The molecule has 0 aromatic rings. The van der Waals surface area contributed by atoms with Gasteiger partial charge in [-0.2, -0.15) is 0 Å². The summed E-state index contributed by atoms with van der Waals surface area (Å²) in [5, 5.41) is 2.83. The van der Waals surface area contributed by atoms with Gasteiger partial charge in [-0.25, -0.2) is 0 Å². The van der Waals surface area contributed by atoms with Crippen LogP contribution in [0.2, 0.25) is 0 Å². The van der Waals surface area contributed by atoms with Gasteiger partial charge in [0.15, 0.2) is 0 Å². The quantitative estimate of drug-likeness (QED) is 0.707. The Bertz CT molecular complexity index is 320. The monoisotopic (exact) mass is 270 g/mol. The molecule has 0 aromatic heterocycles. The number of carbonyl (C=O) groups is 2. The molecule has 3 unspecified atom stereocenters. The van der Waals surface area contributed by atoms with Crippen LogP contribution in [0.4, 0.5) is 0 Å². The first-order valence-electron chi connectivity index (χ1n) is 7.25. The first-order valence-corrected chi connectivity index (χ1v) is 7.25. The van der Waals surface area contributed by atoms with Gasteiger partial charge < -0.3 is 15.0 Å². The van der Waals surface area contributed by atoms with Crippen LogP contribution < -0.4 is 5.32 Å². The van der Waals surface area contributed by atoms with Crippen molar-refractivity contribution < 1.29 is 14.3 Å². The van der Waals surface area contributed by atoms with Gasteiger partial charge in [0, 0.05) is 13.2 Å². The Balaban J connectivity index is 2.84. The van der Waals surface area contributed by atoms with Crippen LogP contribution in [0.1, 0.15) is 40.5 Å². The van der Waals surface area contributed by atoms with E-state index >= 15 is 0 Å². The van der Waals surface area contributed by atoms with E-state index in [1.54, 1.807) is 4.90 Å². The summed E-state index contributed by atoms with van der Waals surface area (Å²) in [5.74, 6) is 0.146. The van der Waals surface area contributed by atoms with Gasteiger partial charge in [-0.15, -0.1) is 0 Å². The topological polar surface area (TPSA) is 58.6 Å². The Morgan fingerprint density at radius 1 is 1.32 bits per heavy atom. The third-order valence-corrected chi connectivity index (χ3v) is 3.77. The van der Waals surface area contributed by atoms with E-state index in [2.05, 4.69) is 5.32 Å². The molecule has 1 N–H and O–H groups in total. The molecule has 1 rings (SSSR count). The summed E-state index contributed by atoms with van der Waals surface area (Å²) < 4.78 is 5.32. The third-order valence-electron chi connectivity index (χ3n) is 3.77. The maximum atomic E-state index is 12.4. The highest BCUT2D eigenvalue weighted by Gasteiger charge is 2.41. The number of nitrogens with zero attached hydrogens (tertiary/aromatic N) is 1. The number of rotatable bonds is 7. The fourth-order valence-electron chi connectivity index (χ4n) is 2.42. The van der Waals surface area contributed by atoms with Crippen molar-refractivity contribution in [3.05, 3.63) is 0 Å². The summed E-state index contributed by atoms with van der Waals surface area (Å²) in [6.45, 7) is 9.48. The summed E-state index contributed by atoms with van der Waals surface area (Å²) >= 11 is 0. The highest BCUT2D eigenvalue weighted by atomic mass is 16.5. The van der Waals surface area contributed by atoms with E-state index < -0.39 is 0 Å². The lowest BCUT2D eigenvalue weighted by atomic mass is 9.93. The molecule has 0 bridgehead atoms. The molecule has 0 saturated carbocycles. The van der Waals surface area contributed by atoms with Crippen molar-refractivity contribution in [1.82, 2.24) is 10.2 Å². The minimum atomic E-state index is -0.380. The molecule has 0 aliphatic carbocycles. The second-order valence-corrected chi connectivity index (χ2v) is 5.03. The lowest BCUT2D eigenvalue weighted by molar-refractivity contribution is -0.152. The van der Waals surface area contributed by atoms with E-state index in [1.165, 1.54) is 0 Å². The van der Waals surface area contributed by atoms with Crippen molar-refractivity contribution in [2.45, 2.75) is 52.6 Å². The largest absolute Gasteiger partial charge is 0.380 e. The highest BCUT2D eigenvalue weighted by Crippen LogP contribution is 2.20. The number of carbonyl (C=O) groups excluding carboxylic acids is 2. The zero-order chi connectivity index (χ0) is 14.4. The summed E-state index contributed by atoms with van der Waals surface area (Å²) in [7, 11) is 0. The Labute approximate surface area is 115 Å². The highest BCUT2D eigenvalue weighted by molar-refractivity contribution is 5.97. The maximum Gasteiger partial charge on any atom is 0.245 e. The van der Waals surface area contributed by atoms with Crippen molar-refractivity contribution in [3.8, 4) is 0 Å². The minimum absolute atomic E-state index is 0.0205. The van der Waals surface area contributed by atoms with E-state index in [0.717, 1.165) is 6.42 Å². The van der Waals surface area contributed by atoms with Gasteiger partial charge in [0.1, 0.15) is 12.1 Å². The molecule has 1 saturated heterocycles. The predicted molar refractivity (Wildman–Crippen MR) is 73.7 cm³/mol. The fraction of sp³-hybridized carbons (Fsp3) is 0.857. The molecule has 1 heterocycles. The molecular weight excluding hydrogens is 244 g/mol. The SMILES string of the molecule is CCOCCN1C(=O)C(CC)NC(=O)C1C(C)CC. The van der Waals surface area contributed by atoms with Crippen LogP contribution in [0, 0.1) is 5.92 Å². The standard InChI is InChI=1S/C14H26N2O3/c1-5-10(4)12-13(17)15-11(6-2)14(18)16(12)8-9-19-7-3/h10-12H,5-9H2,1-4H3,(H,15,17). The lowest BCUT2D eigenvalue weighted by Crippen LogP contribution is -2.65. The third kappa shape index (κ3) is 3.69. The summed E-state index contributed by atoms with van der Waals surface area (Å²) in [6, 6.07) is -0.741. The van der Waals surface area contributed by atoms with Gasteiger partial charge in [0.25, 0.3) is 0 Å². The van der Waals surface area contributed by atoms with Crippen molar-refractivity contribution in [3.63, 3.8) is 0 Å². The Morgan fingerprint density at radius 3 is 2.53 bits per heavy atom. The Hall–Kier alpha value is -1.10. The summed E-state index contributed by atoms with van der Waals surface area (Å²) in [4.78, 5) is 26.3. The van der Waals surface area contributed by atoms with Crippen LogP contribution in [0.3, 0.4) is 0 Å². The van der Waals surface area contributed by atoms with Crippen LogP contribution in [-0.4, -0.2) is 48.6 Å². The molecule has 3 atom stereocenters. The van der Waals surface area contributed by atoms with E-state index in [1.807, 2.05) is 27.7 Å². The maximum absolute atomic E-state index is 12.4. The van der Waals surface area contributed by atoms with Crippen LogP contribution in [0.25, 0.3) is 0 Å². The number of hydrogen-bond donors (Lipinski definition) is 1. The van der Waals surface area contributed by atoms with Crippen LogP contribution in [-0.2, 0) is 14.3 Å². The zero-order valence-corrected chi connectivity index (χ0v) is 12.4. The van der Waals surface area contributed by atoms with Crippen LogP contribution in [0.5, 0.6) is 0 Å². The van der Waals surface area contributed by atoms with Gasteiger partial charge in [0.05, 0.1) is 6.61 Å². The predicted octanol–water partition coefficient (Wildman–Crippen LogP) is 1.17. The van der Waals surface area contributed by atoms with Gasteiger partial charge in [0.2, 0.25) is 11.8 Å². The number of hydrogen-bond acceptors (Lipinski definition) is 3. The Morgan fingerprint density at radius 2 is 2.00 bits per heavy atom. The molecule has 2 amide bonds.